The fourth-order valence-corrected chi connectivity index (χ4v) is 4.20. The van der Waals surface area contributed by atoms with Gasteiger partial charge in [-0.25, -0.2) is 4.79 Å². The van der Waals surface area contributed by atoms with E-state index < -0.39 is 0 Å². The van der Waals surface area contributed by atoms with Gasteiger partial charge in [-0.3, -0.25) is 4.79 Å². The third kappa shape index (κ3) is 6.31. The summed E-state index contributed by atoms with van der Waals surface area (Å²) in [6, 6.07) is 18.0. The molecule has 0 aliphatic carbocycles. The molecule has 6 heteroatoms. The van der Waals surface area contributed by atoms with Crippen LogP contribution in [-0.2, 0) is 21.5 Å². The van der Waals surface area contributed by atoms with Crippen LogP contribution in [0.2, 0.25) is 0 Å². The molecule has 3 rings (SSSR count). The summed E-state index contributed by atoms with van der Waals surface area (Å²) in [5.74, 6) is 0.00460. The Kier molecular flexibility index (Phi) is 8.06. The molecule has 166 valence electrons. The van der Waals surface area contributed by atoms with Crippen LogP contribution in [0.15, 0.2) is 54.6 Å². The third-order valence-electron chi connectivity index (χ3n) is 6.07. The molecule has 0 bridgehead atoms. The zero-order valence-electron chi connectivity index (χ0n) is 18.5. The molecule has 0 radical (unpaired) electrons. The van der Waals surface area contributed by atoms with Crippen molar-refractivity contribution in [3.63, 3.8) is 0 Å². The standard InChI is InChI=1S/C25H33N3O3/c1-20-8-6-7-11-22(20)25(13-16-31-17-14-25)19-27-24(30)26-15-12-23(29)28(2)18-21-9-4-3-5-10-21/h3-11H,12-19H2,1-2H3,(H2,26,27,30). The van der Waals surface area contributed by atoms with Crippen molar-refractivity contribution in [2.24, 2.45) is 0 Å². The number of urea groups is 1. The lowest BCUT2D eigenvalue weighted by Gasteiger charge is -2.39. The molecule has 1 fully saturated rings. The zero-order chi connectivity index (χ0) is 22.1. The van der Waals surface area contributed by atoms with Crippen LogP contribution in [0.1, 0.15) is 36.0 Å². The first kappa shape index (κ1) is 22.8. The Labute approximate surface area is 185 Å². The smallest absolute Gasteiger partial charge is 0.314 e. The van der Waals surface area contributed by atoms with E-state index in [2.05, 4.69) is 35.8 Å². The van der Waals surface area contributed by atoms with Gasteiger partial charge in [-0.2, -0.15) is 0 Å². The number of rotatable bonds is 8. The minimum atomic E-state index is -0.238. The van der Waals surface area contributed by atoms with E-state index >= 15 is 0 Å². The van der Waals surface area contributed by atoms with Gasteiger partial charge in [0.2, 0.25) is 5.91 Å². The van der Waals surface area contributed by atoms with Crippen LogP contribution in [0.5, 0.6) is 0 Å². The minimum Gasteiger partial charge on any atom is -0.381 e. The van der Waals surface area contributed by atoms with Gasteiger partial charge in [-0.05, 0) is 36.5 Å². The Bertz CT molecular complexity index is 863. The average molecular weight is 424 g/mol. The molecule has 0 atom stereocenters. The fourth-order valence-electron chi connectivity index (χ4n) is 4.20. The normalized spacial score (nSPS) is 15.2. The van der Waals surface area contributed by atoms with E-state index in [4.69, 9.17) is 4.74 Å². The second kappa shape index (κ2) is 11.0. The van der Waals surface area contributed by atoms with Gasteiger partial charge in [0.15, 0.2) is 0 Å². The molecule has 0 unspecified atom stereocenters. The Morgan fingerprint density at radius 3 is 2.39 bits per heavy atom. The Morgan fingerprint density at radius 2 is 1.68 bits per heavy atom. The fraction of sp³-hybridized carbons (Fsp3) is 0.440. The van der Waals surface area contributed by atoms with E-state index in [0.29, 0.717) is 32.8 Å². The highest BCUT2D eigenvalue weighted by molar-refractivity contribution is 5.78. The van der Waals surface area contributed by atoms with Gasteiger partial charge in [0.25, 0.3) is 0 Å². The molecule has 6 nitrogen and oxygen atoms in total. The van der Waals surface area contributed by atoms with Gasteiger partial charge in [0.1, 0.15) is 0 Å². The number of carbonyl (C=O) groups is 2. The summed E-state index contributed by atoms with van der Waals surface area (Å²) < 4.78 is 5.58. The number of aryl methyl sites for hydroxylation is 1. The van der Waals surface area contributed by atoms with Crippen LogP contribution in [-0.4, -0.2) is 50.2 Å². The summed E-state index contributed by atoms with van der Waals surface area (Å²) in [6.07, 6.45) is 2.02. The van der Waals surface area contributed by atoms with Gasteiger partial charge in [-0.1, -0.05) is 54.6 Å². The van der Waals surface area contributed by atoms with Crippen LogP contribution < -0.4 is 10.6 Å². The largest absolute Gasteiger partial charge is 0.381 e. The molecular formula is C25H33N3O3. The maximum atomic E-state index is 12.4. The number of amides is 3. The van der Waals surface area contributed by atoms with Gasteiger partial charge in [0, 0.05) is 51.7 Å². The number of benzene rings is 2. The van der Waals surface area contributed by atoms with Crippen LogP contribution in [0.3, 0.4) is 0 Å². The lowest BCUT2D eigenvalue weighted by molar-refractivity contribution is -0.130. The molecular weight excluding hydrogens is 390 g/mol. The molecule has 2 aromatic rings. The Hall–Kier alpha value is -2.86. The minimum absolute atomic E-state index is 0.00460. The van der Waals surface area contributed by atoms with Crippen molar-refractivity contribution < 1.29 is 14.3 Å². The van der Waals surface area contributed by atoms with E-state index in [1.807, 2.05) is 36.4 Å². The first-order valence-corrected chi connectivity index (χ1v) is 10.9. The number of hydrogen-bond donors (Lipinski definition) is 2. The second-order valence-electron chi connectivity index (χ2n) is 8.30. The van der Waals surface area contributed by atoms with Crippen molar-refractivity contribution in [1.29, 1.82) is 0 Å². The maximum Gasteiger partial charge on any atom is 0.314 e. The first-order chi connectivity index (χ1) is 15.0. The predicted octanol–water partition coefficient (Wildman–Crippen LogP) is 3.39. The van der Waals surface area contributed by atoms with E-state index in [-0.39, 0.29) is 23.8 Å². The SMILES string of the molecule is Cc1ccccc1C1(CNC(=O)NCCC(=O)N(C)Cc2ccccc2)CCOCC1. The Morgan fingerprint density at radius 1 is 1.00 bits per heavy atom. The second-order valence-corrected chi connectivity index (χ2v) is 8.30. The monoisotopic (exact) mass is 423 g/mol. The lowest BCUT2D eigenvalue weighted by atomic mass is 9.72. The lowest BCUT2D eigenvalue weighted by Crippen LogP contribution is -2.48. The molecule has 31 heavy (non-hydrogen) atoms. The summed E-state index contributed by atoms with van der Waals surface area (Å²) >= 11 is 0. The van der Waals surface area contributed by atoms with Crippen molar-refractivity contribution >= 4 is 11.9 Å². The third-order valence-corrected chi connectivity index (χ3v) is 6.07. The van der Waals surface area contributed by atoms with Gasteiger partial charge in [0.05, 0.1) is 0 Å². The van der Waals surface area contributed by atoms with Crippen LogP contribution in [0.25, 0.3) is 0 Å². The van der Waals surface area contributed by atoms with Crippen molar-refractivity contribution in [2.45, 2.75) is 38.1 Å². The van der Waals surface area contributed by atoms with Crippen molar-refractivity contribution in [3.8, 4) is 0 Å². The van der Waals surface area contributed by atoms with Gasteiger partial charge in [-0.15, -0.1) is 0 Å². The molecule has 1 saturated heterocycles. The highest BCUT2D eigenvalue weighted by atomic mass is 16.5. The quantitative estimate of drug-likeness (QED) is 0.684. The van der Waals surface area contributed by atoms with Crippen molar-refractivity contribution in [1.82, 2.24) is 15.5 Å². The van der Waals surface area contributed by atoms with Crippen LogP contribution >= 0.6 is 0 Å². The maximum absolute atomic E-state index is 12.4. The predicted molar refractivity (Wildman–Crippen MR) is 122 cm³/mol. The van der Waals surface area contributed by atoms with Gasteiger partial charge >= 0.3 is 6.03 Å². The number of carbonyl (C=O) groups excluding carboxylic acids is 2. The summed E-state index contributed by atoms with van der Waals surface area (Å²) in [7, 11) is 1.78. The molecule has 3 amide bonds. The van der Waals surface area contributed by atoms with Crippen LogP contribution in [0, 0.1) is 6.92 Å². The van der Waals surface area contributed by atoms with Crippen LogP contribution in [0.4, 0.5) is 4.79 Å². The molecule has 2 N–H and O–H groups in total. The number of ether oxygens (including phenoxy) is 1. The molecule has 1 aliphatic heterocycles. The highest BCUT2D eigenvalue weighted by Gasteiger charge is 2.35. The first-order valence-electron chi connectivity index (χ1n) is 10.9. The molecule has 1 aliphatic rings. The number of hydrogen-bond acceptors (Lipinski definition) is 3. The van der Waals surface area contributed by atoms with E-state index in [1.165, 1.54) is 11.1 Å². The molecule has 0 saturated carbocycles. The van der Waals surface area contributed by atoms with Gasteiger partial charge < -0.3 is 20.3 Å². The highest BCUT2D eigenvalue weighted by Crippen LogP contribution is 2.36. The summed E-state index contributed by atoms with van der Waals surface area (Å²) in [6.45, 7) is 4.93. The summed E-state index contributed by atoms with van der Waals surface area (Å²) in [5.41, 5.74) is 3.48. The number of nitrogens with zero attached hydrogens (tertiary/aromatic N) is 1. The van der Waals surface area contributed by atoms with Crippen molar-refractivity contribution in [3.05, 3.63) is 71.3 Å². The topological polar surface area (TPSA) is 70.7 Å². The molecule has 1 heterocycles. The van der Waals surface area contributed by atoms with E-state index in [9.17, 15) is 9.59 Å². The van der Waals surface area contributed by atoms with E-state index in [0.717, 1.165) is 18.4 Å². The molecule has 0 spiro atoms. The summed E-state index contributed by atoms with van der Waals surface area (Å²) in [5, 5.41) is 5.86. The summed E-state index contributed by atoms with van der Waals surface area (Å²) in [4.78, 5) is 26.4. The molecule has 0 aromatic heterocycles. The van der Waals surface area contributed by atoms with Crippen molar-refractivity contribution in [2.75, 3.05) is 33.4 Å². The number of nitrogens with one attached hydrogen (secondary N) is 2. The Balaban J connectivity index is 1.46. The van der Waals surface area contributed by atoms with E-state index in [1.54, 1.807) is 11.9 Å². The zero-order valence-corrected chi connectivity index (χ0v) is 18.5. The average Bonchev–Trinajstić information content (AvgIpc) is 2.79. The molecule has 2 aromatic carbocycles.